The van der Waals surface area contributed by atoms with Crippen LogP contribution in [0.15, 0.2) is 48.5 Å². The second-order valence-corrected chi connectivity index (χ2v) is 6.91. The van der Waals surface area contributed by atoms with E-state index in [9.17, 15) is 27.9 Å². The van der Waals surface area contributed by atoms with Gasteiger partial charge in [-0.15, -0.1) is 0 Å². The van der Waals surface area contributed by atoms with Gasteiger partial charge in [0.15, 0.2) is 0 Å². The highest BCUT2D eigenvalue weighted by Gasteiger charge is 2.61. The molecule has 1 aliphatic carbocycles. The van der Waals surface area contributed by atoms with Crippen molar-refractivity contribution in [3.05, 3.63) is 59.7 Å². The van der Waals surface area contributed by atoms with Crippen LogP contribution in [-0.4, -0.2) is 35.5 Å². The molecule has 0 fully saturated rings. The Balaban J connectivity index is 1.79. The van der Waals surface area contributed by atoms with E-state index in [0.29, 0.717) is 0 Å². The maximum atomic E-state index is 13.5. The summed E-state index contributed by atoms with van der Waals surface area (Å²) < 4.78 is 45.4. The Morgan fingerprint density at radius 1 is 1.03 bits per heavy atom. The predicted octanol–water partition coefficient (Wildman–Crippen LogP) is 4.71. The van der Waals surface area contributed by atoms with Gasteiger partial charge in [0, 0.05) is 5.92 Å². The number of amides is 1. The monoisotopic (exact) mass is 407 g/mol. The normalized spacial score (nSPS) is 15.2. The second kappa shape index (κ2) is 7.77. The quantitative estimate of drug-likeness (QED) is 0.727. The van der Waals surface area contributed by atoms with Gasteiger partial charge in [-0.2, -0.15) is 13.2 Å². The number of hydrogen-bond acceptors (Lipinski definition) is 3. The molecule has 1 amide bonds. The highest BCUT2D eigenvalue weighted by atomic mass is 19.4. The predicted molar refractivity (Wildman–Crippen MR) is 99.5 cm³/mol. The van der Waals surface area contributed by atoms with E-state index in [0.717, 1.165) is 22.3 Å². The molecule has 0 heterocycles. The van der Waals surface area contributed by atoms with E-state index in [1.165, 1.54) is 6.92 Å². The zero-order valence-corrected chi connectivity index (χ0v) is 15.6. The molecule has 0 spiro atoms. The number of aliphatic carboxylic acids is 1. The first-order chi connectivity index (χ1) is 13.7. The van der Waals surface area contributed by atoms with Crippen LogP contribution in [0.5, 0.6) is 0 Å². The Kier molecular flexibility index (Phi) is 5.55. The Morgan fingerprint density at radius 3 is 2.00 bits per heavy atom. The number of rotatable bonds is 6. The average Bonchev–Trinajstić information content (AvgIpc) is 2.99. The molecule has 0 saturated carbocycles. The molecule has 1 aliphatic rings. The van der Waals surface area contributed by atoms with Crippen LogP contribution in [0, 0.1) is 0 Å². The molecule has 5 nitrogen and oxygen atoms in total. The summed E-state index contributed by atoms with van der Waals surface area (Å²) in [5, 5.41) is 10.7. The number of alkyl halides is 3. The van der Waals surface area contributed by atoms with Gasteiger partial charge in [0.1, 0.15) is 6.61 Å². The zero-order valence-electron chi connectivity index (χ0n) is 15.6. The number of carbonyl (C=O) groups is 2. The zero-order chi connectivity index (χ0) is 21.2. The van der Waals surface area contributed by atoms with Gasteiger partial charge in [-0.3, -0.25) is 5.32 Å². The summed E-state index contributed by atoms with van der Waals surface area (Å²) >= 11 is 0. The molecule has 1 atom stereocenters. The van der Waals surface area contributed by atoms with E-state index in [-0.39, 0.29) is 18.9 Å². The summed E-state index contributed by atoms with van der Waals surface area (Å²) in [7, 11) is 0. The molecule has 2 aromatic rings. The van der Waals surface area contributed by atoms with Gasteiger partial charge in [0.25, 0.3) is 0 Å². The fourth-order valence-corrected chi connectivity index (χ4v) is 3.74. The van der Waals surface area contributed by atoms with Crippen LogP contribution in [0.1, 0.15) is 36.8 Å². The van der Waals surface area contributed by atoms with Crippen LogP contribution in [0.3, 0.4) is 0 Å². The second-order valence-electron chi connectivity index (χ2n) is 6.91. The van der Waals surface area contributed by atoms with Crippen molar-refractivity contribution < 1.29 is 32.6 Å². The lowest BCUT2D eigenvalue weighted by Gasteiger charge is -2.31. The smallest absolute Gasteiger partial charge is 0.422 e. The number of carboxylic acids is 1. The minimum atomic E-state index is -5.17. The number of alkyl carbamates (subject to hydrolysis) is 1. The van der Waals surface area contributed by atoms with Gasteiger partial charge < -0.3 is 9.84 Å². The van der Waals surface area contributed by atoms with Crippen LogP contribution in [0.2, 0.25) is 0 Å². The van der Waals surface area contributed by atoms with Crippen LogP contribution >= 0.6 is 0 Å². The summed E-state index contributed by atoms with van der Waals surface area (Å²) in [5.74, 6) is -2.51. The molecule has 0 bridgehead atoms. The van der Waals surface area contributed by atoms with E-state index in [1.807, 2.05) is 48.5 Å². The molecule has 0 aromatic heterocycles. The molecule has 1 unspecified atom stereocenters. The Hall–Kier alpha value is -3.03. The molecule has 0 saturated heterocycles. The number of nitrogens with one attached hydrogen (secondary N) is 1. The summed E-state index contributed by atoms with van der Waals surface area (Å²) in [6.07, 6.45) is -7.47. The first-order valence-electron chi connectivity index (χ1n) is 9.14. The lowest BCUT2D eigenvalue weighted by atomic mass is 9.93. The molecule has 2 aromatic carbocycles. The van der Waals surface area contributed by atoms with E-state index >= 15 is 0 Å². The fraction of sp³-hybridized carbons (Fsp3) is 0.333. The molecule has 2 N–H and O–H groups in total. The number of halogens is 3. The van der Waals surface area contributed by atoms with E-state index in [2.05, 4.69) is 0 Å². The van der Waals surface area contributed by atoms with E-state index in [4.69, 9.17) is 4.74 Å². The van der Waals surface area contributed by atoms with Gasteiger partial charge >= 0.3 is 18.2 Å². The number of carboxylic acid groups (broad SMARTS) is 1. The summed E-state index contributed by atoms with van der Waals surface area (Å²) in [6.45, 7) is 1.20. The van der Waals surface area contributed by atoms with Crippen molar-refractivity contribution in [3.63, 3.8) is 0 Å². The van der Waals surface area contributed by atoms with Crippen molar-refractivity contribution in [2.45, 2.75) is 37.4 Å². The third-order valence-corrected chi connectivity index (χ3v) is 5.13. The lowest BCUT2D eigenvalue weighted by molar-refractivity contribution is -0.210. The number of ether oxygens (including phenoxy) is 1. The topological polar surface area (TPSA) is 75.6 Å². The summed E-state index contributed by atoms with van der Waals surface area (Å²) in [4.78, 5) is 23.6. The molecular weight excluding hydrogens is 387 g/mol. The molecule has 3 rings (SSSR count). The first-order valence-corrected chi connectivity index (χ1v) is 9.14. The number of carbonyl (C=O) groups excluding carboxylic acids is 1. The molecule has 154 valence electrons. The third-order valence-electron chi connectivity index (χ3n) is 5.13. The van der Waals surface area contributed by atoms with Gasteiger partial charge in [0.05, 0.1) is 0 Å². The molecule has 0 radical (unpaired) electrons. The van der Waals surface area contributed by atoms with Gasteiger partial charge in [0.2, 0.25) is 5.54 Å². The van der Waals surface area contributed by atoms with Crippen molar-refractivity contribution in [3.8, 4) is 11.1 Å². The maximum Gasteiger partial charge on any atom is 0.422 e. The highest BCUT2D eigenvalue weighted by molar-refractivity contribution is 5.85. The number of benzene rings is 2. The summed E-state index contributed by atoms with van der Waals surface area (Å²) in [5.41, 5.74) is 0.354. The Labute approximate surface area is 165 Å². The summed E-state index contributed by atoms with van der Waals surface area (Å²) in [6, 6.07) is 15.0. The van der Waals surface area contributed by atoms with Crippen molar-refractivity contribution in [1.29, 1.82) is 0 Å². The van der Waals surface area contributed by atoms with Gasteiger partial charge in [-0.05, 0) is 28.7 Å². The SMILES string of the molecule is CCCC(NC(=O)OCC1c2ccccc2-c2ccccc21)(C(=O)O)C(F)(F)F. The Bertz CT molecular complexity index is 883. The van der Waals surface area contributed by atoms with Crippen molar-refractivity contribution in [2.75, 3.05) is 6.61 Å². The molecule has 29 heavy (non-hydrogen) atoms. The maximum absolute atomic E-state index is 13.5. The van der Waals surface area contributed by atoms with Crippen LogP contribution in [0.4, 0.5) is 18.0 Å². The molecular formula is C21H20F3NO4. The van der Waals surface area contributed by atoms with Crippen LogP contribution in [0.25, 0.3) is 11.1 Å². The number of fused-ring (bicyclic) bond motifs is 3. The third kappa shape index (κ3) is 3.66. The van der Waals surface area contributed by atoms with Crippen molar-refractivity contribution >= 4 is 12.1 Å². The lowest BCUT2D eigenvalue weighted by Crippen LogP contribution is -2.64. The first kappa shape index (κ1) is 20.7. The Morgan fingerprint density at radius 2 is 1.55 bits per heavy atom. The van der Waals surface area contributed by atoms with Crippen LogP contribution in [-0.2, 0) is 9.53 Å². The highest BCUT2D eigenvalue weighted by Crippen LogP contribution is 2.44. The molecule has 8 heteroatoms. The van der Waals surface area contributed by atoms with Gasteiger partial charge in [-0.25, -0.2) is 9.59 Å². The van der Waals surface area contributed by atoms with Gasteiger partial charge in [-0.1, -0.05) is 61.9 Å². The fourth-order valence-electron chi connectivity index (χ4n) is 3.74. The molecule has 0 aliphatic heterocycles. The van der Waals surface area contributed by atoms with E-state index in [1.54, 1.807) is 5.32 Å². The van der Waals surface area contributed by atoms with E-state index < -0.39 is 30.2 Å². The average molecular weight is 407 g/mol. The minimum absolute atomic E-state index is 0.0878. The van der Waals surface area contributed by atoms with Crippen LogP contribution < -0.4 is 5.32 Å². The largest absolute Gasteiger partial charge is 0.479 e. The van der Waals surface area contributed by atoms with Crippen molar-refractivity contribution in [1.82, 2.24) is 5.32 Å². The number of hydrogen-bond donors (Lipinski definition) is 2. The minimum Gasteiger partial charge on any atom is -0.479 e. The standard InChI is InChI=1S/C21H20F3NO4/c1-2-11-20(18(26)27,21(22,23)24)25-19(28)29-12-17-15-9-5-3-7-13(15)14-8-4-6-10-16(14)17/h3-10,17H,2,11-12H2,1H3,(H,25,28)(H,26,27). The van der Waals surface area contributed by atoms with Crippen molar-refractivity contribution in [2.24, 2.45) is 0 Å².